The first kappa shape index (κ1) is 36.3. The lowest BCUT2D eigenvalue weighted by atomic mass is 9.49. The number of phenols is 1. The maximum absolute atomic E-state index is 15.5. The maximum atomic E-state index is 15.5. The second-order valence-electron chi connectivity index (χ2n) is 14.9. The number of amides is 4. The number of hydrogen-bond acceptors (Lipinski definition) is 8. The number of aromatic hydroxyl groups is 1. The number of rotatable bonds is 8. The number of ether oxygens (including phenoxy) is 2. The van der Waals surface area contributed by atoms with Gasteiger partial charge in [0.15, 0.2) is 11.5 Å². The van der Waals surface area contributed by atoms with E-state index >= 15 is 9.59 Å². The summed E-state index contributed by atoms with van der Waals surface area (Å²) in [7, 11) is 2.85. The SMILES string of the molecule is COc1cc([C@H]2C3=CC[C@@H]4C(=O)N(c5ccc(Nc6ccccc6)cc5)C(=O)[C@@H]4[C@@H]3C[C@H]3C(=O)N(c4cccc(Cl)c4)C(=O)[C@@]23c2ccccc2)cc(OC)c1O. The van der Waals surface area contributed by atoms with Crippen molar-refractivity contribution in [3.63, 3.8) is 0 Å². The van der Waals surface area contributed by atoms with Gasteiger partial charge in [0, 0.05) is 22.3 Å². The molecule has 286 valence electrons. The van der Waals surface area contributed by atoms with Crippen molar-refractivity contribution in [2.24, 2.45) is 23.7 Å². The van der Waals surface area contributed by atoms with Crippen molar-refractivity contribution in [3.05, 3.63) is 149 Å². The molecule has 5 aromatic rings. The van der Waals surface area contributed by atoms with E-state index in [-0.39, 0.29) is 41.9 Å². The fraction of sp³-hybridized carbons (Fsp3) is 0.217. The molecule has 1 saturated carbocycles. The molecule has 10 nitrogen and oxygen atoms in total. The number of para-hydroxylation sites is 1. The Kier molecular flexibility index (Phi) is 8.89. The predicted molar refractivity (Wildman–Crippen MR) is 216 cm³/mol. The average molecular weight is 780 g/mol. The number of allylic oxidation sites excluding steroid dienone is 2. The minimum atomic E-state index is -1.50. The van der Waals surface area contributed by atoms with Crippen LogP contribution < -0.4 is 24.6 Å². The normalized spacial score (nSPS) is 25.1. The van der Waals surface area contributed by atoms with Crippen molar-refractivity contribution in [2.75, 3.05) is 29.3 Å². The Hall–Kier alpha value is -6.39. The minimum Gasteiger partial charge on any atom is -0.502 e. The van der Waals surface area contributed by atoms with E-state index in [4.69, 9.17) is 21.1 Å². The van der Waals surface area contributed by atoms with Crippen LogP contribution in [0.4, 0.5) is 22.7 Å². The molecule has 2 heterocycles. The van der Waals surface area contributed by atoms with Gasteiger partial charge in [-0.05, 0) is 96.6 Å². The van der Waals surface area contributed by atoms with Gasteiger partial charge >= 0.3 is 0 Å². The average Bonchev–Trinajstić information content (AvgIpc) is 3.62. The lowest BCUT2D eigenvalue weighted by Crippen LogP contribution is -2.53. The van der Waals surface area contributed by atoms with E-state index in [1.807, 2.05) is 78.9 Å². The van der Waals surface area contributed by atoms with E-state index in [0.717, 1.165) is 16.9 Å². The highest BCUT2D eigenvalue weighted by Crippen LogP contribution is 2.65. The zero-order valence-electron chi connectivity index (χ0n) is 31.1. The van der Waals surface area contributed by atoms with Crippen LogP contribution in [0.2, 0.25) is 5.02 Å². The molecule has 6 atom stereocenters. The van der Waals surface area contributed by atoms with Crippen molar-refractivity contribution in [1.29, 1.82) is 0 Å². The van der Waals surface area contributed by atoms with Crippen LogP contribution in [0.3, 0.4) is 0 Å². The van der Waals surface area contributed by atoms with Crippen LogP contribution in [0.5, 0.6) is 17.2 Å². The molecule has 57 heavy (non-hydrogen) atoms. The molecule has 0 radical (unpaired) electrons. The Labute approximate surface area is 334 Å². The second-order valence-corrected chi connectivity index (χ2v) is 15.4. The molecule has 2 N–H and O–H groups in total. The third kappa shape index (κ3) is 5.53. The second kappa shape index (κ2) is 14.0. The van der Waals surface area contributed by atoms with E-state index in [2.05, 4.69) is 5.32 Å². The maximum Gasteiger partial charge on any atom is 0.246 e. The molecule has 2 saturated heterocycles. The number of nitrogens with one attached hydrogen (secondary N) is 1. The molecule has 0 unspecified atom stereocenters. The van der Waals surface area contributed by atoms with Crippen LogP contribution in [-0.2, 0) is 24.6 Å². The van der Waals surface area contributed by atoms with Gasteiger partial charge in [-0.15, -0.1) is 0 Å². The molecule has 4 aliphatic rings. The Morgan fingerprint density at radius 3 is 2.00 bits per heavy atom. The summed E-state index contributed by atoms with van der Waals surface area (Å²) in [5, 5.41) is 14.7. The molecular weight excluding hydrogens is 742 g/mol. The molecule has 9 rings (SSSR count). The number of nitrogens with zero attached hydrogens (tertiary/aromatic N) is 2. The first-order valence-corrected chi connectivity index (χ1v) is 19.2. The van der Waals surface area contributed by atoms with Gasteiger partial charge in [-0.25, -0.2) is 4.90 Å². The van der Waals surface area contributed by atoms with Gasteiger partial charge in [-0.2, -0.15) is 0 Å². The van der Waals surface area contributed by atoms with Crippen molar-refractivity contribution in [3.8, 4) is 17.2 Å². The van der Waals surface area contributed by atoms with Gasteiger partial charge in [-0.3, -0.25) is 24.1 Å². The largest absolute Gasteiger partial charge is 0.502 e. The van der Waals surface area contributed by atoms with Gasteiger partial charge in [0.25, 0.3) is 0 Å². The summed E-state index contributed by atoms with van der Waals surface area (Å²) in [5.74, 6) is -5.34. The number of fused-ring (bicyclic) bond motifs is 4. The number of anilines is 4. The summed E-state index contributed by atoms with van der Waals surface area (Å²) in [6.07, 6.45) is 2.38. The summed E-state index contributed by atoms with van der Waals surface area (Å²) >= 11 is 6.44. The molecular formula is C46H38ClN3O7. The highest BCUT2D eigenvalue weighted by molar-refractivity contribution is 6.32. The fourth-order valence-corrected chi connectivity index (χ4v) is 10.0. The standard InChI is InChI=1S/C46H38ClN3O7/c1-56-37-22-26(23-38(57-2)41(37)51)40-33-20-21-34-39(44(54)49(42(34)52)31-18-16-30(17-19-31)48-29-13-7-4-8-14-29)35(33)25-36-43(53)50(32-15-9-12-28(47)24-32)45(55)46(36,40)27-10-5-3-6-11-27/h3-20,22-24,34-36,39-40,48,51H,21,25H2,1-2H3/t34-,35+,36-,39-,40-,46+/m0/s1. The highest BCUT2D eigenvalue weighted by atomic mass is 35.5. The summed E-state index contributed by atoms with van der Waals surface area (Å²) in [4.78, 5) is 62.2. The molecule has 2 aliphatic heterocycles. The van der Waals surface area contributed by atoms with Crippen LogP contribution >= 0.6 is 11.6 Å². The Balaban J connectivity index is 1.19. The van der Waals surface area contributed by atoms with E-state index in [1.54, 1.807) is 48.5 Å². The van der Waals surface area contributed by atoms with E-state index in [0.29, 0.717) is 27.5 Å². The van der Waals surface area contributed by atoms with E-state index in [9.17, 15) is 14.7 Å². The third-order valence-corrected chi connectivity index (χ3v) is 12.4. The molecule has 5 aromatic carbocycles. The van der Waals surface area contributed by atoms with Crippen molar-refractivity contribution < 1.29 is 33.8 Å². The number of halogens is 1. The number of carbonyl (C=O) groups is 4. The number of methoxy groups -OCH3 is 2. The van der Waals surface area contributed by atoms with Crippen LogP contribution in [0.1, 0.15) is 29.9 Å². The number of hydrogen-bond donors (Lipinski definition) is 2. The topological polar surface area (TPSA) is 125 Å². The molecule has 11 heteroatoms. The lowest BCUT2D eigenvalue weighted by Gasteiger charge is -2.50. The molecule has 3 fully saturated rings. The number of phenolic OH excluding ortho intramolecular Hbond substituents is 1. The summed E-state index contributed by atoms with van der Waals surface area (Å²) in [5.41, 5.74) is 2.92. The van der Waals surface area contributed by atoms with Crippen LogP contribution in [0.25, 0.3) is 0 Å². The highest BCUT2D eigenvalue weighted by Gasteiger charge is 2.70. The number of imide groups is 2. The third-order valence-electron chi connectivity index (χ3n) is 12.2. The Morgan fingerprint density at radius 1 is 0.702 bits per heavy atom. The molecule has 4 amide bonds. The minimum absolute atomic E-state index is 0.118. The van der Waals surface area contributed by atoms with Gasteiger partial charge < -0.3 is 19.9 Å². The molecule has 2 aliphatic carbocycles. The quantitative estimate of drug-likeness (QED) is 0.119. The lowest BCUT2D eigenvalue weighted by molar-refractivity contribution is -0.127. The van der Waals surface area contributed by atoms with E-state index < -0.39 is 46.8 Å². The van der Waals surface area contributed by atoms with Crippen LogP contribution in [-0.4, -0.2) is 43.0 Å². The molecule has 0 aromatic heterocycles. The predicted octanol–water partition coefficient (Wildman–Crippen LogP) is 8.17. The monoisotopic (exact) mass is 779 g/mol. The van der Waals surface area contributed by atoms with Gasteiger partial charge in [0.2, 0.25) is 29.4 Å². The van der Waals surface area contributed by atoms with Gasteiger partial charge in [-0.1, -0.05) is 77.8 Å². The molecule has 0 spiro atoms. The zero-order chi connectivity index (χ0) is 39.6. The number of benzene rings is 5. The van der Waals surface area contributed by atoms with Crippen LogP contribution in [0.15, 0.2) is 133 Å². The van der Waals surface area contributed by atoms with Crippen molar-refractivity contribution in [2.45, 2.75) is 24.2 Å². The Morgan fingerprint density at radius 2 is 1.35 bits per heavy atom. The summed E-state index contributed by atoms with van der Waals surface area (Å²) in [6.45, 7) is 0. The van der Waals surface area contributed by atoms with Crippen LogP contribution in [0, 0.1) is 23.7 Å². The zero-order valence-corrected chi connectivity index (χ0v) is 31.9. The number of carbonyl (C=O) groups excluding carboxylic acids is 4. The summed E-state index contributed by atoms with van der Waals surface area (Å²) in [6, 6.07) is 36.1. The van der Waals surface area contributed by atoms with Gasteiger partial charge in [0.1, 0.15) is 0 Å². The van der Waals surface area contributed by atoms with Gasteiger partial charge in [0.05, 0.1) is 48.8 Å². The van der Waals surface area contributed by atoms with E-state index in [1.165, 1.54) is 24.0 Å². The Bertz CT molecular complexity index is 2450. The first-order chi connectivity index (χ1) is 27.7. The smallest absolute Gasteiger partial charge is 0.246 e. The molecule has 0 bridgehead atoms. The fourth-order valence-electron chi connectivity index (χ4n) is 9.84. The van der Waals surface area contributed by atoms with Crippen molar-refractivity contribution >= 4 is 58.0 Å². The van der Waals surface area contributed by atoms with Crippen molar-refractivity contribution in [1.82, 2.24) is 0 Å². The first-order valence-electron chi connectivity index (χ1n) is 18.8. The summed E-state index contributed by atoms with van der Waals surface area (Å²) < 4.78 is 11.3.